The Balaban J connectivity index is 1.51. The Morgan fingerprint density at radius 3 is 2.68 bits per heavy atom. The predicted molar refractivity (Wildman–Crippen MR) is 114 cm³/mol. The number of likely N-dealkylation sites (tertiary alicyclic amines) is 1. The molecule has 0 unspecified atom stereocenters. The second-order valence-electron chi connectivity index (χ2n) is 6.98. The zero-order valence-corrected chi connectivity index (χ0v) is 17.6. The summed E-state index contributed by atoms with van der Waals surface area (Å²) in [6, 6.07) is 7.46. The standard InChI is InChI=1S/C20H16ClN3O6S/c21-14-5-3-12(9-15(14)24(28)29)16-6-4-13(30-16)10-17-19(26)23(20(27)31-17)11-18(25)22-7-1-2-8-22/h3-6,9-10H,1-2,7-8,11H2/b17-10-. The SMILES string of the molecule is O=C(CN1C(=O)S/C(=C\c2ccc(-c3ccc(Cl)c([N+](=O)[O-])c3)o2)C1=O)N1CCCC1. The van der Waals surface area contributed by atoms with Crippen molar-refractivity contribution in [2.75, 3.05) is 19.6 Å². The Morgan fingerprint density at radius 1 is 1.23 bits per heavy atom. The summed E-state index contributed by atoms with van der Waals surface area (Å²) in [6.45, 7) is 1.01. The number of halogens is 1. The van der Waals surface area contributed by atoms with E-state index in [1.165, 1.54) is 18.2 Å². The van der Waals surface area contributed by atoms with Gasteiger partial charge in [-0.1, -0.05) is 11.6 Å². The molecule has 0 spiro atoms. The van der Waals surface area contributed by atoms with Gasteiger partial charge in [-0.15, -0.1) is 0 Å². The first kappa shape index (κ1) is 21.1. The highest BCUT2D eigenvalue weighted by atomic mass is 35.5. The number of rotatable bonds is 5. The third kappa shape index (κ3) is 4.35. The molecule has 2 aliphatic heterocycles. The summed E-state index contributed by atoms with van der Waals surface area (Å²) in [5.41, 5.74) is 0.195. The van der Waals surface area contributed by atoms with Gasteiger partial charge in [0.05, 0.1) is 9.83 Å². The van der Waals surface area contributed by atoms with E-state index in [9.17, 15) is 24.5 Å². The van der Waals surface area contributed by atoms with Crippen molar-refractivity contribution in [3.8, 4) is 11.3 Å². The number of benzene rings is 1. The molecule has 2 aliphatic rings. The van der Waals surface area contributed by atoms with Gasteiger partial charge in [0, 0.05) is 30.8 Å². The van der Waals surface area contributed by atoms with E-state index in [1.807, 2.05) is 0 Å². The summed E-state index contributed by atoms with van der Waals surface area (Å²) in [5, 5.41) is 10.6. The molecule has 4 rings (SSSR count). The fourth-order valence-corrected chi connectivity index (χ4v) is 4.36. The lowest BCUT2D eigenvalue weighted by Gasteiger charge is -2.18. The molecule has 0 aliphatic carbocycles. The van der Waals surface area contributed by atoms with Gasteiger partial charge in [0.25, 0.3) is 16.8 Å². The van der Waals surface area contributed by atoms with Gasteiger partial charge in [0.2, 0.25) is 5.91 Å². The number of nitrogens with zero attached hydrogens (tertiary/aromatic N) is 3. The summed E-state index contributed by atoms with van der Waals surface area (Å²) < 4.78 is 5.67. The van der Waals surface area contributed by atoms with Crippen LogP contribution < -0.4 is 0 Å². The molecule has 0 radical (unpaired) electrons. The van der Waals surface area contributed by atoms with Crippen LogP contribution >= 0.6 is 23.4 Å². The van der Waals surface area contributed by atoms with Crippen molar-refractivity contribution in [3.63, 3.8) is 0 Å². The van der Waals surface area contributed by atoms with Crippen LogP contribution in [-0.4, -0.2) is 51.4 Å². The van der Waals surface area contributed by atoms with Gasteiger partial charge in [0.15, 0.2) is 0 Å². The molecule has 1 aromatic heterocycles. The summed E-state index contributed by atoms with van der Waals surface area (Å²) in [5.74, 6) is -0.160. The number of thioether (sulfide) groups is 1. The van der Waals surface area contributed by atoms with Gasteiger partial charge >= 0.3 is 0 Å². The average Bonchev–Trinajstić information content (AvgIpc) is 3.47. The first-order chi connectivity index (χ1) is 14.8. The zero-order valence-electron chi connectivity index (χ0n) is 16.1. The maximum atomic E-state index is 12.6. The maximum Gasteiger partial charge on any atom is 0.294 e. The van der Waals surface area contributed by atoms with Crippen LogP contribution in [0.4, 0.5) is 10.5 Å². The number of hydrogen-bond donors (Lipinski definition) is 0. The molecule has 1 aromatic carbocycles. The third-order valence-corrected chi connectivity index (χ3v) is 6.18. The Morgan fingerprint density at radius 2 is 1.97 bits per heavy atom. The summed E-state index contributed by atoms with van der Waals surface area (Å²) in [7, 11) is 0. The molecule has 0 bridgehead atoms. The average molecular weight is 462 g/mol. The minimum atomic E-state index is -0.588. The molecule has 0 saturated carbocycles. The van der Waals surface area contributed by atoms with Crippen molar-refractivity contribution in [1.82, 2.24) is 9.80 Å². The third-order valence-electron chi connectivity index (χ3n) is 4.95. The number of nitro groups is 1. The van der Waals surface area contributed by atoms with Crippen LogP contribution in [0.25, 0.3) is 17.4 Å². The fraction of sp³-hybridized carbons (Fsp3) is 0.250. The lowest BCUT2D eigenvalue weighted by molar-refractivity contribution is -0.384. The van der Waals surface area contributed by atoms with Crippen molar-refractivity contribution >= 4 is 52.2 Å². The van der Waals surface area contributed by atoms with Gasteiger partial charge in [-0.05, 0) is 48.9 Å². The molecule has 11 heteroatoms. The van der Waals surface area contributed by atoms with E-state index >= 15 is 0 Å². The first-order valence-electron chi connectivity index (χ1n) is 9.41. The Bertz CT molecular complexity index is 1120. The number of carbonyl (C=O) groups is 3. The molecule has 2 aromatic rings. The van der Waals surface area contributed by atoms with Crippen LogP contribution in [0.2, 0.25) is 5.02 Å². The van der Waals surface area contributed by atoms with Crippen LogP contribution in [0.3, 0.4) is 0 Å². The van der Waals surface area contributed by atoms with Crippen LogP contribution in [-0.2, 0) is 9.59 Å². The van der Waals surface area contributed by atoms with Gasteiger partial charge in [0.1, 0.15) is 23.1 Å². The van der Waals surface area contributed by atoms with E-state index < -0.39 is 16.1 Å². The van der Waals surface area contributed by atoms with Crippen LogP contribution in [0.5, 0.6) is 0 Å². The molecule has 2 fully saturated rings. The second-order valence-corrected chi connectivity index (χ2v) is 8.38. The normalized spacial score (nSPS) is 17.8. The monoisotopic (exact) mass is 461 g/mol. The Kier molecular flexibility index (Phi) is 5.84. The van der Waals surface area contributed by atoms with E-state index in [0.29, 0.717) is 30.2 Å². The van der Waals surface area contributed by atoms with E-state index in [2.05, 4.69) is 0 Å². The van der Waals surface area contributed by atoms with Crippen LogP contribution in [0.15, 0.2) is 39.7 Å². The van der Waals surface area contributed by atoms with Gasteiger partial charge in [-0.2, -0.15) is 0 Å². The molecule has 0 N–H and O–H groups in total. The van der Waals surface area contributed by atoms with E-state index in [4.69, 9.17) is 16.0 Å². The molecular formula is C20H16ClN3O6S. The van der Waals surface area contributed by atoms with Crippen LogP contribution in [0, 0.1) is 10.1 Å². The van der Waals surface area contributed by atoms with Crippen LogP contribution in [0.1, 0.15) is 18.6 Å². The summed E-state index contributed by atoms with van der Waals surface area (Å²) in [4.78, 5) is 50.4. The number of imide groups is 1. The molecular weight excluding hydrogens is 446 g/mol. The minimum Gasteiger partial charge on any atom is -0.457 e. The highest BCUT2D eigenvalue weighted by Gasteiger charge is 2.37. The molecule has 0 atom stereocenters. The minimum absolute atomic E-state index is 0.0117. The molecule has 3 heterocycles. The number of nitro benzene ring substituents is 1. The zero-order chi connectivity index (χ0) is 22.1. The smallest absolute Gasteiger partial charge is 0.294 e. The van der Waals surface area contributed by atoms with E-state index in [-0.39, 0.29) is 28.1 Å². The second kappa shape index (κ2) is 8.56. The van der Waals surface area contributed by atoms with Crippen molar-refractivity contribution in [2.45, 2.75) is 12.8 Å². The molecule has 9 nitrogen and oxygen atoms in total. The Labute approximate surface area is 185 Å². The van der Waals surface area contributed by atoms with Crippen molar-refractivity contribution in [1.29, 1.82) is 0 Å². The number of amides is 3. The molecule has 3 amide bonds. The lowest BCUT2D eigenvalue weighted by atomic mass is 10.1. The fourth-order valence-electron chi connectivity index (χ4n) is 3.36. The molecule has 31 heavy (non-hydrogen) atoms. The van der Waals surface area contributed by atoms with Crippen molar-refractivity contribution in [3.05, 3.63) is 56.1 Å². The highest BCUT2D eigenvalue weighted by molar-refractivity contribution is 8.18. The van der Waals surface area contributed by atoms with Gasteiger partial charge in [-0.3, -0.25) is 29.4 Å². The predicted octanol–water partition coefficient (Wildman–Crippen LogP) is 4.17. The van der Waals surface area contributed by atoms with E-state index in [1.54, 1.807) is 23.1 Å². The largest absolute Gasteiger partial charge is 0.457 e. The Hall–Kier alpha value is -3.11. The quantitative estimate of drug-likeness (QED) is 0.373. The van der Waals surface area contributed by atoms with Crippen molar-refractivity contribution in [2.24, 2.45) is 0 Å². The topological polar surface area (TPSA) is 114 Å². The number of hydrogen-bond acceptors (Lipinski definition) is 7. The summed E-state index contributed by atoms with van der Waals surface area (Å²) >= 11 is 6.57. The van der Waals surface area contributed by atoms with Crippen molar-refractivity contribution < 1.29 is 23.7 Å². The van der Waals surface area contributed by atoms with Gasteiger partial charge in [-0.25, -0.2) is 0 Å². The number of furan rings is 1. The molecule has 160 valence electrons. The lowest BCUT2D eigenvalue weighted by Crippen LogP contribution is -2.40. The summed E-state index contributed by atoms with van der Waals surface area (Å²) in [6.07, 6.45) is 3.26. The van der Waals surface area contributed by atoms with E-state index in [0.717, 1.165) is 29.5 Å². The first-order valence-corrected chi connectivity index (χ1v) is 10.6. The maximum absolute atomic E-state index is 12.6. The molecule has 2 saturated heterocycles. The number of carbonyl (C=O) groups excluding carboxylic acids is 3. The van der Waals surface area contributed by atoms with Gasteiger partial charge < -0.3 is 9.32 Å². The highest BCUT2D eigenvalue weighted by Crippen LogP contribution is 2.35.